The highest BCUT2D eigenvalue weighted by Crippen LogP contribution is 2.25. The molecule has 2 N–H and O–H groups in total. The van der Waals surface area contributed by atoms with Crippen molar-refractivity contribution in [3.8, 4) is 11.5 Å². The van der Waals surface area contributed by atoms with Crippen LogP contribution in [0.2, 0.25) is 0 Å². The van der Waals surface area contributed by atoms with Crippen molar-refractivity contribution < 1.29 is 9.21 Å². The minimum atomic E-state index is -0.134. The molecular formula is C17H16N4O2S. The molecule has 1 aromatic carbocycles. The fraction of sp³-hybridized carbons (Fsp3) is 0.176. The van der Waals surface area contributed by atoms with Gasteiger partial charge in [0.1, 0.15) is 5.52 Å². The lowest BCUT2D eigenvalue weighted by atomic mass is 10.2. The molecule has 2 aromatic heterocycles. The van der Waals surface area contributed by atoms with Crippen LogP contribution in [0.5, 0.6) is 0 Å². The Labute approximate surface area is 144 Å². The lowest BCUT2D eigenvalue weighted by Crippen LogP contribution is -2.36. The van der Waals surface area contributed by atoms with Crippen LogP contribution < -0.4 is 10.6 Å². The molecule has 2 heterocycles. The van der Waals surface area contributed by atoms with Crippen molar-refractivity contribution in [3.05, 3.63) is 42.7 Å². The summed E-state index contributed by atoms with van der Waals surface area (Å²) in [5, 5.41) is 5.87. The lowest BCUT2D eigenvalue weighted by Gasteiger charge is -2.10. The zero-order valence-corrected chi connectivity index (χ0v) is 14.1. The Balaban J connectivity index is 1.79. The normalized spacial score (nSPS) is 10.8. The van der Waals surface area contributed by atoms with Gasteiger partial charge < -0.3 is 15.1 Å². The topological polar surface area (TPSA) is 80.0 Å². The first-order valence-electron chi connectivity index (χ1n) is 7.46. The van der Waals surface area contributed by atoms with Crippen LogP contribution in [0.1, 0.15) is 13.8 Å². The van der Waals surface area contributed by atoms with E-state index >= 15 is 0 Å². The summed E-state index contributed by atoms with van der Waals surface area (Å²) in [5.41, 5.74) is 2.95. The van der Waals surface area contributed by atoms with E-state index < -0.39 is 0 Å². The number of carbonyl (C=O) groups is 1. The Morgan fingerprint density at radius 2 is 1.96 bits per heavy atom. The van der Waals surface area contributed by atoms with Crippen LogP contribution in [0, 0.1) is 5.92 Å². The zero-order valence-electron chi connectivity index (χ0n) is 13.2. The van der Waals surface area contributed by atoms with Gasteiger partial charge in [0.25, 0.3) is 0 Å². The molecule has 0 aliphatic heterocycles. The molecule has 0 radical (unpaired) electrons. The van der Waals surface area contributed by atoms with E-state index in [9.17, 15) is 4.79 Å². The van der Waals surface area contributed by atoms with Gasteiger partial charge in [-0.25, -0.2) is 4.98 Å². The Morgan fingerprint density at radius 1 is 1.21 bits per heavy atom. The third-order valence-corrected chi connectivity index (χ3v) is 3.54. The monoisotopic (exact) mass is 340 g/mol. The molecule has 3 aromatic rings. The number of amides is 1. The lowest BCUT2D eigenvalue weighted by molar-refractivity contribution is -0.122. The molecule has 0 aliphatic rings. The van der Waals surface area contributed by atoms with Gasteiger partial charge in [-0.2, -0.15) is 0 Å². The van der Waals surface area contributed by atoms with E-state index in [0.29, 0.717) is 17.0 Å². The minimum absolute atomic E-state index is 0.130. The molecule has 122 valence electrons. The second-order valence-electron chi connectivity index (χ2n) is 5.54. The Hall–Kier alpha value is -2.80. The Kier molecular flexibility index (Phi) is 4.52. The number of anilines is 1. The maximum Gasteiger partial charge on any atom is 0.228 e. The number of aromatic nitrogens is 2. The summed E-state index contributed by atoms with van der Waals surface area (Å²) in [6, 6.07) is 9.11. The number of thiocarbonyl (C=S) groups is 1. The fourth-order valence-corrected chi connectivity index (χ4v) is 2.26. The molecule has 0 saturated heterocycles. The summed E-state index contributed by atoms with van der Waals surface area (Å²) in [7, 11) is 0. The highest BCUT2D eigenvalue weighted by molar-refractivity contribution is 7.80. The van der Waals surface area contributed by atoms with E-state index in [1.165, 1.54) is 0 Å². The van der Waals surface area contributed by atoms with Crippen LogP contribution in [-0.4, -0.2) is 21.0 Å². The largest absolute Gasteiger partial charge is 0.436 e. The summed E-state index contributed by atoms with van der Waals surface area (Å²) >= 11 is 5.14. The fourth-order valence-electron chi connectivity index (χ4n) is 2.04. The number of pyridine rings is 1. The molecule has 0 bridgehead atoms. The second kappa shape index (κ2) is 6.76. The van der Waals surface area contributed by atoms with Crippen molar-refractivity contribution in [1.29, 1.82) is 0 Å². The molecule has 0 aliphatic carbocycles. The van der Waals surface area contributed by atoms with Crippen LogP contribution in [0.4, 0.5) is 5.69 Å². The van der Waals surface area contributed by atoms with E-state index in [4.69, 9.17) is 16.6 Å². The number of nitrogens with one attached hydrogen (secondary N) is 2. The van der Waals surface area contributed by atoms with Gasteiger partial charge in [0, 0.05) is 29.6 Å². The SMILES string of the molecule is CC(C)C(=O)NC(=S)Nc1ccc2oc(-c3ccncc3)nc2c1. The van der Waals surface area contributed by atoms with E-state index in [2.05, 4.69) is 20.6 Å². The minimum Gasteiger partial charge on any atom is -0.436 e. The third-order valence-electron chi connectivity index (χ3n) is 3.33. The van der Waals surface area contributed by atoms with Crippen LogP contribution in [0.25, 0.3) is 22.6 Å². The van der Waals surface area contributed by atoms with E-state index in [1.807, 2.05) is 30.3 Å². The molecule has 0 spiro atoms. The number of rotatable bonds is 3. The Morgan fingerprint density at radius 3 is 2.67 bits per heavy atom. The first-order valence-corrected chi connectivity index (χ1v) is 7.86. The van der Waals surface area contributed by atoms with Crippen molar-refractivity contribution >= 4 is 40.0 Å². The molecular weight excluding hydrogens is 324 g/mol. The number of hydrogen-bond acceptors (Lipinski definition) is 5. The molecule has 6 nitrogen and oxygen atoms in total. The van der Waals surface area contributed by atoms with Gasteiger partial charge in [-0.3, -0.25) is 9.78 Å². The van der Waals surface area contributed by atoms with Gasteiger partial charge in [-0.15, -0.1) is 0 Å². The predicted molar refractivity (Wildman–Crippen MR) is 96.4 cm³/mol. The van der Waals surface area contributed by atoms with Crippen LogP contribution >= 0.6 is 12.2 Å². The van der Waals surface area contributed by atoms with Crippen molar-refractivity contribution in [2.45, 2.75) is 13.8 Å². The van der Waals surface area contributed by atoms with E-state index in [0.717, 1.165) is 11.3 Å². The van der Waals surface area contributed by atoms with Crippen molar-refractivity contribution in [1.82, 2.24) is 15.3 Å². The highest BCUT2D eigenvalue weighted by Gasteiger charge is 2.11. The summed E-state index contributed by atoms with van der Waals surface area (Å²) in [6.45, 7) is 3.61. The average molecular weight is 340 g/mol. The maximum atomic E-state index is 11.6. The van der Waals surface area contributed by atoms with Gasteiger partial charge in [0.2, 0.25) is 11.8 Å². The first kappa shape index (κ1) is 16.1. The maximum absolute atomic E-state index is 11.6. The van der Waals surface area contributed by atoms with E-state index in [1.54, 1.807) is 26.2 Å². The van der Waals surface area contributed by atoms with Gasteiger partial charge >= 0.3 is 0 Å². The number of carbonyl (C=O) groups excluding carboxylic acids is 1. The second-order valence-corrected chi connectivity index (χ2v) is 5.94. The Bertz CT molecular complexity index is 890. The summed E-state index contributed by atoms with van der Waals surface area (Å²) < 4.78 is 5.74. The summed E-state index contributed by atoms with van der Waals surface area (Å²) in [4.78, 5) is 20.1. The van der Waals surface area contributed by atoms with Gasteiger partial charge in [0.05, 0.1) is 0 Å². The first-order chi connectivity index (χ1) is 11.5. The molecule has 0 saturated carbocycles. The molecule has 7 heteroatoms. The quantitative estimate of drug-likeness (QED) is 0.712. The van der Waals surface area contributed by atoms with Crippen molar-refractivity contribution in [3.63, 3.8) is 0 Å². The molecule has 0 atom stereocenters. The molecule has 24 heavy (non-hydrogen) atoms. The number of nitrogens with zero attached hydrogens (tertiary/aromatic N) is 2. The van der Waals surface area contributed by atoms with Crippen molar-refractivity contribution in [2.75, 3.05) is 5.32 Å². The third kappa shape index (κ3) is 3.57. The molecule has 0 unspecified atom stereocenters. The van der Waals surface area contributed by atoms with Crippen LogP contribution in [0.15, 0.2) is 47.1 Å². The number of oxazole rings is 1. The smallest absolute Gasteiger partial charge is 0.228 e. The predicted octanol–water partition coefficient (Wildman–Crippen LogP) is 3.36. The number of hydrogen-bond donors (Lipinski definition) is 2. The van der Waals surface area contributed by atoms with Crippen LogP contribution in [0.3, 0.4) is 0 Å². The summed E-state index contributed by atoms with van der Waals surface area (Å²) in [5.74, 6) is 0.265. The van der Waals surface area contributed by atoms with Crippen molar-refractivity contribution in [2.24, 2.45) is 5.92 Å². The number of fused-ring (bicyclic) bond motifs is 1. The molecule has 1 amide bonds. The molecule has 3 rings (SSSR count). The van der Waals surface area contributed by atoms with Gasteiger partial charge in [-0.1, -0.05) is 13.8 Å². The van der Waals surface area contributed by atoms with Gasteiger partial charge in [0.15, 0.2) is 10.7 Å². The van der Waals surface area contributed by atoms with E-state index in [-0.39, 0.29) is 16.9 Å². The summed E-state index contributed by atoms with van der Waals surface area (Å²) in [6.07, 6.45) is 3.38. The average Bonchev–Trinajstić information content (AvgIpc) is 2.98. The highest BCUT2D eigenvalue weighted by atomic mass is 32.1. The standard InChI is InChI=1S/C17H16N4O2S/c1-10(2)15(22)21-17(24)19-12-3-4-14-13(9-12)20-16(23-14)11-5-7-18-8-6-11/h3-10H,1-2H3,(H2,19,21,22,24). The number of benzene rings is 1. The van der Waals surface area contributed by atoms with Gasteiger partial charge in [-0.05, 0) is 42.5 Å². The zero-order chi connectivity index (χ0) is 17.1. The van der Waals surface area contributed by atoms with Crippen LogP contribution in [-0.2, 0) is 4.79 Å². The molecule has 0 fully saturated rings.